The van der Waals surface area contributed by atoms with E-state index in [1.54, 1.807) is 6.07 Å². The van der Waals surface area contributed by atoms with Crippen LogP contribution in [-0.4, -0.2) is 43.0 Å². The largest absolute Gasteiger partial charge is 0.362 e. The third-order valence-corrected chi connectivity index (χ3v) is 2.96. The van der Waals surface area contributed by atoms with Gasteiger partial charge in [-0.05, 0) is 40.1 Å². The summed E-state index contributed by atoms with van der Waals surface area (Å²) in [7, 11) is 3.87. The zero-order valence-corrected chi connectivity index (χ0v) is 11.8. The van der Waals surface area contributed by atoms with Crippen molar-refractivity contribution in [2.24, 2.45) is 0 Å². The first-order chi connectivity index (χ1) is 8.88. The van der Waals surface area contributed by atoms with Gasteiger partial charge in [0.2, 0.25) is 5.82 Å². The van der Waals surface area contributed by atoms with Crippen molar-refractivity contribution in [2.75, 3.05) is 32.1 Å². The van der Waals surface area contributed by atoms with Gasteiger partial charge in [0.05, 0.1) is 4.92 Å². The van der Waals surface area contributed by atoms with Gasteiger partial charge in [-0.25, -0.2) is 0 Å². The number of para-hydroxylation sites is 1. The van der Waals surface area contributed by atoms with Crippen LogP contribution in [0.4, 0.5) is 15.8 Å². The van der Waals surface area contributed by atoms with E-state index in [4.69, 9.17) is 0 Å². The molecule has 0 spiro atoms. The molecule has 0 aliphatic carbocycles. The standard InChI is InChI=1S/C13H20FN3O2/c1-5-16(10(2)9-15(3)4)12-8-6-7-11(14)13(12)17(18)19/h6-8,10H,5,9H2,1-4H3. The van der Waals surface area contributed by atoms with Crippen LogP contribution in [0.2, 0.25) is 0 Å². The number of rotatable bonds is 6. The molecule has 1 atom stereocenters. The van der Waals surface area contributed by atoms with E-state index >= 15 is 0 Å². The third-order valence-electron chi connectivity index (χ3n) is 2.96. The fraction of sp³-hybridized carbons (Fsp3) is 0.538. The Balaban J connectivity index is 3.18. The summed E-state index contributed by atoms with van der Waals surface area (Å²) in [6, 6.07) is 4.27. The molecule has 0 fully saturated rings. The Morgan fingerprint density at radius 2 is 2.05 bits per heavy atom. The van der Waals surface area contributed by atoms with Gasteiger partial charge < -0.3 is 9.80 Å². The number of likely N-dealkylation sites (N-methyl/N-ethyl adjacent to an activating group) is 2. The number of hydrogen-bond acceptors (Lipinski definition) is 4. The molecule has 1 aromatic carbocycles. The monoisotopic (exact) mass is 269 g/mol. The molecule has 0 saturated carbocycles. The highest BCUT2D eigenvalue weighted by atomic mass is 19.1. The molecule has 0 aliphatic heterocycles. The minimum absolute atomic E-state index is 0.0560. The Morgan fingerprint density at radius 1 is 1.42 bits per heavy atom. The second kappa shape index (κ2) is 6.47. The molecule has 0 saturated heterocycles. The zero-order chi connectivity index (χ0) is 14.6. The van der Waals surface area contributed by atoms with Crippen molar-refractivity contribution in [1.82, 2.24) is 4.90 Å². The second-order valence-corrected chi connectivity index (χ2v) is 4.76. The first kappa shape index (κ1) is 15.4. The first-order valence-corrected chi connectivity index (χ1v) is 6.22. The average Bonchev–Trinajstić information content (AvgIpc) is 2.28. The number of nitro benzene ring substituents is 1. The molecule has 1 unspecified atom stereocenters. The molecular formula is C13H20FN3O2. The fourth-order valence-electron chi connectivity index (χ4n) is 2.26. The lowest BCUT2D eigenvalue weighted by molar-refractivity contribution is -0.386. The van der Waals surface area contributed by atoms with Gasteiger partial charge in [-0.2, -0.15) is 4.39 Å². The molecule has 106 valence electrons. The van der Waals surface area contributed by atoms with E-state index in [9.17, 15) is 14.5 Å². The Morgan fingerprint density at radius 3 is 2.53 bits per heavy atom. The van der Waals surface area contributed by atoms with Crippen molar-refractivity contribution < 1.29 is 9.31 Å². The maximum absolute atomic E-state index is 13.6. The van der Waals surface area contributed by atoms with E-state index in [0.717, 1.165) is 12.6 Å². The van der Waals surface area contributed by atoms with Crippen LogP contribution < -0.4 is 4.90 Å². The lowest BCUT2D eigenvalue weighted by Gasteiger charge is -2.31. The topological polar surface area (TPSA) is 49.6 Å². The molecule has 0 radical (unpaired) electrons. The van der Waals surface area contributed by atoms with Crippen molar-refractivity contribution >= 4 is 11.4 Å². The fourth-order valence-corrected chi connectivity index (χ4v) is 2.26. The number of benzene rings is 1. The molecule has 0 heterocycles. The Bertz CT molecular complexity index is 452. The van der Waals surface area contributed by atoms with Crippen LogP contribution in [0.1, 0.15) is 13.8 Å². The molecule has 6 heteroatoms. The van der Waals surface area contributed by atoms with Gasteiger partial charge in [-0.3, -0.25) is 10.1 Å². The quantitative estimate of drug-likeness (QED) is 0.588. The van der Waals surface area contributed by atoms with Crippen LogP contribution in [0.15, 0.2) is 18.2 Å². The highest BCUT2D eigenvalue weighted by Gasteiger charge is 2.26. The number of hydrogen-bond donors (Lipinski definition) is 0. The molecule has 0 bridgehead atoms. The van der Waals surface area contributed by atoms with Crippen molar-refractivity contribution in [3.05, 3.63) is 34.1 Å². The third kappa shape index (κ3) is 3.64. The summed E-state index contributed by atoms with van der Waals surface area (Å²) in [6.45, 7) is 5.19. The summed E-state index contributed by atoms with van der Waals surface area (Å²) in [5.74, 6) is -0.794. The summed E-state index contributed by atoms with van der Waals surface area (Å²) in [5.41, 5.74) is -0.114. The normalized spacial score (nSPS) is 12.5. The number of nitrogens with zero attached hydrogens (tertiary/aromatic N) is 3. The van der Waals surface area contributed by atoms with Gasteiger partial charge in [0.15, 0.2) is 0 Å². The number of nitro groups is 1. The minimum Gasteiger partial charge on any atom is -0.362 e. The summed E-state index contributed by atoms with van der Waals surface area (Å²) in [5, 5.41) is 11.0. The number of halogens is 1. The van der Waals surface area contributed by atoms with Crippen LogP contribution in [-0.2, 0) is 0 Å². The Kier molecular flexibility index (Phi) is 5.23. The van der Waals surface area contributed by atoms with Crippen molar-refractivity contribution in [3.63, 3.8) is 0 Å². The summed E-state index contributed by atoms with van der Waals surface area (Å²) in [6.07, 6.45) is 0. The lowest BCUT2D eigenvalue weighted by atomic mass is 10.2. The minimum atomic E-state index is -0.794. The zero-order valence-electron chi connectivity index (χ0n) is 11.8. The molecule has 1 aromatic rings. The van der Waals surface area contributed by atoms with Crippen LogP contribution in [0, 0.1) is 15.9 Å². The predicted molar refractivity (Wildman–Crippen MR) is 74.1 cm³/mol. The van der Waals surface area contributed by atoms with Gasteiger partial charge in [0.1, 0.15) is 5.69 Å². The van der Waals surface area contributed by atoms with Crippen molar-refractivity contribution in [3.8, 4) is 0 Å². The van der Waals surface area contributed by atoms with Gasteiger partial charge in [-0.1, -0.05) is 6.07 Å². The molecular weight excluding hydrogens is 249 g/mol. The van der Waals surface area contributed by atoms with Gasteiger partial charge in [-0.15, -0.1) is 0 Å². The van der Waals surface area contributed by atoms with E-state index in [0.29, 0.717) is 12.2 Å². The van der Waals surface area contributed by atoms with Crippen LogP contribution in [0.25, 0.3) is 0 Å². The van der Waals surface area contributed by atoms with E-state index in [1.165, 1.54) is 6.07 Å². The predicted octanol–water partition coefficient (Wildman–Crippen LogP) is 2.51. The van der Waals surface area contributed by atoms with Gasteiger partial charge in [0, 0.05) is 19.1 Å². The van der Waals surface area contributed by atoms with Crippen LogP contribution in [0.3, 0.4) is 0 Å². The first-order valence-electron chi connectivity index (χ1n) is 6.22. The molecule has 19 heavy (non-hydrogen) atoms. The highest BCUT2D eigenvalue weighted by Crippen LogP contribution is 2.31. The molecule has 1 rings (SSSR count). The molecule has 0 N–H and O–H groups in total. The maximum atomic E-state index is 13.6. The maximum Gasteiger partial charge on any atom is 0.327 e. The lowest BCUT2D eigenvalue weighted by Crippen LogP contribution is -2.40. The van der Waals surface area contributed by atoms with Crippen LogP contribution >= 0.6 is 0 Å². The average molecular weight is 269 g/mol. The molecule has 5 nitrogen and oxygen atoms in total. The SMILES string of the molecule is CCN(c1cccc(F)c1[N+](=O)[O-])C(C)CN(C)C. The molecule has 0 amide bonds. The Labute approximate surface area is 112 Å². The second-order valence-electron chi connectivity index (χ2n) is 4.76. The smallest absolute Gasteiger partial charge is 0.327 e. The van der Waals surface area contributed by atoms with Crippen molar-refractivity contribution in [1.29, 1.82) is 0 Å². The van der Waals surface area contributed by atoms with Crippen molar-refractivity contribution in [2.45, 2.75) is 19.9 Å². The van der Waals surface area contributed by atoms with E-state index in [1.807, 2.05) is 37.7 Å². The molecule has 0 aliphatic rings. The van der Waals surface area contributed by atoms with Gasteiger partial charge >= 0.3 is 5.69 Å². The summed E-state index contributed by atoms with van der Waals surface area (Å²) in [4.78, 5) is 14.2. The summed E-state index contributed by atoms with van der Waals surface area (Å²) >= 11 is 0. The van der Waals surface area contributed by atoms with E-state index in [2.05, 4.69) is 0 Å². The number of anilines is 1. The van der Waals surface area contributed by atoms with E-state index in [-0.39, 0.29) is 6.04 Å². The van der Waals surface area contributed by atoms with E-state index < -0.39 is 16.4 Å². The molecule has 0 aromatic heterocycles. The highest BCUT2D eigenvalue weighted by molar-refractivity contribution is 5.64. The Hall–Kier alpha value is -1.69. The summed E-state index contributed by atoms with van der Waals surface area (Å²) < 4.78 is 13.6. The van der Waals surface area contributed by atoms with Crippen LogP contribution in [0.5, 0.6) is 0 Å². The van der Waals surface area contributed by atoms with Gasteiger partial charge in [0.25, 0.3) is 0 Å².